The minimum atomic E-state index is 0.00681. The summed E-state index contributed by atoms with van der Waals surface area (Å²) >= 11 is 1.43. The topological polar surface area (TPSA) is 55.3 Å². The average Bonchev–Trinajstić information content (AvgIpc) is 2.75. The smallest absolute Gasteiger partial charge is 0.282 e. The Morgan fingerprint density at radius 1 is 1.52 bits per heavy atom. The molecule has 0 N–H and O–H groups in total. The van der Waals surface area contributed by atoms with Crippen molar-refractivity contribution >= 4 is 27.5 Å². The predicted molar refractivity (Wildman–Crippen MR) is 82.5 cm³/mol. The Morgan fingerprint density at radius 2 is 2.38 bits per heavy atom. The van der Waals surface area contributed by atoms with Gasteiger partial charge in [-0.15, -0.1) is 11.3 Å². The van der Waals surface area contributed by atoms with Crippen molar-refractivity contribution < 1.29 is 9.53 Å². The second-order valence-electron chi connectivity index (χ2n) is 5.62. The lowest BCUT2D eigenvalue weighted by Crippen LogP contribution is -2.38. The van der Waals surface area contributed by atoms with Crippen LogP contribution in [0.2, 0.25) is 0 Å². The minimum Gasteiger partial charge on any atom is -0.376 e. The van der Waals surface area contributed by atoms with E-state index in [2.05, 4.69) is 23.8 Å². The van der Waals surface area contributed by atoms with Crippen LogP contribution in [0.4, 0.5) is 0 Å². The number of ether oxygens (including phenoxy) is 1. The number of rotatable bonds is 2. The van der Waals surface area contributed by atoms with Gasteiger partial charge in [0.05, 0.1) is 17.0 Å². The number of amides is 1. The molecule has 0 aromatic carbocycles. The summed E-state index contributed by atoms with van der Waals surface area (Å²) in [6.45, 7) is 6.35. The molecule has 3 heterocycles. The number of hydrogen-bond donors (Lipinski definition) is 0. The van der Waals surface area contributed by atoms with Crippen LogP contribution in [-0.2, 0) is 4.74 Å². The first kappa shape index (κ1) is 14.4. The summed E-state index contributed by atoms with van der Waals surface area (Å²) in [5.74, 6) is 0.408. The van der Waals surface area contributed by atoms with Crippen molar-refractivity contribution in [1.82, 2.24) is 14.9 Å². The fourth-order valence-electron chi connectivity index (χ4n) is 2.45. The van der Waals surface area contributed by atoms with Gasteiger partial charge < -0.3 is 9.64 Å². The van der Waals surface area contributed by atoms with E-state index in [0.717, 1.165) is 29.8 Å². The van der Waals surface area contributed by atoms with Crippen LogP contribution in [0.5, 0.6) is 0 Å². The van der Waals surface area contributed by atoms with E-state index in [1.807, 2.05) is 11.0 Å². The summed E-state index contributed by atoms with van der Waals surface area (Å²) in [5.41, 5.74) is 0.789. The van der Waals surface area contributed by atoms with E-state index in [4.69, 9.17) is 4.74 Å². The highest BCUT2D eigenvalue weighted by atomic mass is 32.1. The largest absolute Gasteiger partial charge is 0.376 e. The van der Waals surface area contributed by atoms with Crippen molar-refractivity contribution in [1.29, 1.82) is 0 Å². The minimum absolute atomic E-state index is 0.00681. The van der Waals surface area contributed by atoms with Gasteiger partial charge in [0, 0.05) is 25.9 Å². The van der Waals surface area contributed by atoms with Gasteiger partial charge in [-0.2, -0.15) is 0 Å². The Hall–Kier alpha value is -1.53. The van der Waals surface area contributed by atoms with Crippen LogP contribution in [0.1, 0.15) is 30.1 Å². The Bertz CT molecular complexity index is 608. The molecule has 1 aliphatic rings. The monoisotopic (exact) mass is 305 g/mol. The molecule has 6 heteroatoms. The summed E-state index contributed by atoms with van der Waals surface area (Å²) in [5, 5.41) is 0.544. The molecule has 0 aliphatic carbocycles. The average molecular weight is 305 g/mol. The van der Waals surface area contributed by atoms with Gasteiger partial charge in [0.2, 0.25) is 0 Å². The molecule has 2 aromatic rings. The second kappa shape index (κ2) is 6.07. The molecule has 1 fully saturated rings. The molecular weight excluding hydrogens is 286 g/mol. The van der Waals surface area contributed by atoms with Gasteiger partial charge in [-0.25, -0.2) is 4.98 Å². The van der Waals surface area contributed by atoms with E-state index >= 15 is 0 Å². The van der Waals surface area contributed by atoms with Crippen molar-refractivity contribution in [3.05, 3.63) is 23.5 Å². The van der Waals surface area contributed by atoms with Crippen LogP contribution in [-0.4, -0.2) is 46.6 Å². The van der Waals surface area contributed by atoms with E-state index in [1.54, 1.807) is 12.4 Å². The lowest BCUT2D eigenvalue weighted by atomic mass is 10.1. The fraction of sp³-hybridized carbons (Fsp3) is 0.533. The molecule has 1 saturated heterocycles. The lowest BCUT2D eigenvalue weighted by Gasteiger charge is -2.25. The standard InChI is InChI=1S/C15H19N3O2S/c1-10(2)12-9-18(6-3-7-20-12)15(19)14-17-11-8-16-5-4-13(11)21-14/h4-5,8,10,12H,3,6-7,9H2,1-2H3. The molecule has 3 rings (SSSR count). The SMILES string of the molecule is CC(C)C1CN(C(=O)c2nc3cnccc3s2)CCCO1. The van der Waals surface area contributed by atoms with Crippen LogP contribution >= 0.6 is 11.3 Å². The van der Waals surface area contributed by atoms with Gasteiger partial charge in [-0.3, -0.25) is 9.78 Å². The number of carbonyl (C=O) groups is 1. The number of thiazole rings is 1. The summed E-state index contributed by atoms with van der Waals surface area (Å²) in [7, 11) is 0. The van der Waals surface area contributed by atoms with E-state index in [-0.39, 0.29) is 12.0 Å². The molecule has 0 spiro atoms. The number of aromatic nitrogens is 2. The first-order valence-corrected chi connectivity index (χ1v) is 8.08. The normalized spacial score (nSPS) is 20.0. The first-order valence-electron chi connectivity index (χ1n) is 7.26. The van der Waals surface area contributed by atoms with E-state index in [9.17, 15) is 4.79 Å². The number of carbonyl (C=O) groups excluding carboxylic acids is 1. The van der Waals surface area contributed by atoms with Gasteiger partial charge in [-0.05, 0) is 18.4 Å². The molecule has 1 aliphatic heterocycles. The molecule has 1 atom stereocenters. The summed E-state index contributed by atoms with van der Waals surface area (Å²) < 4.78 is 6.82. The van der Waals surface area contributed by atoms with Crippen LogP contribution in [0.25, 0.3) is 10.2 Å². The highest BCUT2D eigenvalue weighted by Gasteiger charge is 2.27. The lowest BCUT2D eigenvalue weighted by molar-refractivity contribution is 0.0222. The Balaban J connectivity index is 1.82. The maximum atomic E-state index is 12.7. The Morgan fingerprint density at radius 3 is 3.14 bits per heavy atom. The molecule has 21 heavy (non-hydrogen) atoms. The zero-order chi connectivity index (χ0) is 14.8. The van der Waals surface area contributed by atoms with E-state index < -0.39 is 0 Å². The molecule has 2 aromatic heterocycles. The van der Waals surface area contributed by atoms with Gasteiger partial charge in [0.25, 0.3) is 5.91 Å². The van der Waals surface area contributed by atoms with Gasteiger partial charge >= 0.3 is 0 Å². The molecule has 0 radical (unpaired) electrons. The van der Waals surface area contributed by atoms with Crippen molar-refractivity contribution in [2.75, 3.05) is 19.7 Å². The summed E-state index contributed by atoms with van der Waals surface area (Å²) in [6.07, 6.45) is 4.41. The molecule has 112 valence electrons. The molecule has 0 bridgehead atoms. The zero-order valence-corrected chi connectivity index (χ0v) is 13.1. The third-order valence-electron chi connectivity index (χ3n) is 3.71. The van der Waals surface area contributed by atoms with Crippen LogP contribution in [0.3, 0.4) is 0 Å². The highest BCUT2D eigenvalue weighted by molar-refractivity contribution is 7.20. The van der Waals surface area contributed by atoms with E-state index in [1.165, 1.54) is 11.3 Å². The third kappa shape index (κ3) is 3.06. The quantitative estimate of drug-likeness (QED) is 0.855. The zero-order valence-electron chi connectivity index (χ0n) is 12.3. The Labute approximate surface area is 128 Å². The van der Waals surface area contributed by atoms with Crippen LogP contribution in [0.15, 0.2) is 18.5 Å². The van der Waals surface area contributed by atoms with Crippen molar-refractivity contribution in [2.45, 2.75) is 26.4 Å². The number of nitrogens with zero attached hydrogens (tertiary/aromatic N) is 3. The molecule has 1 amide bonds. The maximum Gasteiger partial charge on any atom is 0.282 e. The highest BCUT2D eigenvalue weighted by Crippen LogP contribution is 2.23. The van der Waals surface area contributed by atoms with Gasteiger partial charge in [-0.1, -0.05) is 13.8 Å². The van der Waals surface area contributed by atoms with E-state index in [0.29, 0.717) is 17.5 Å². The van der Waals surface area contributed by atoms with Crippen LogP contribution in [0, 0.1) is 5.92 Å². The number of fused-ring (bicyclic) bond motifs is 1. The third-order valence-corrected chi connectivity index (χ3v) is 4.73. The molecular formula is C15H19N3O2S. The molecule has 1 unspecified atom stereocenters. The van der Waals surface area contributed by atoms with Crippen molar-refractivity contribution in [2.24, 2.45) is 5.92 Å². The first-order chi connectivity index (χ1) is 10.1. The van der Waals surface area contributed by atoms with Gasteiger partial charge in [0.15, 0.2) is 5.01 Å². The maximum absolute atomic E-state index is 12.7. The second-order valence-corrected chi connectivity index (χ2v) is 6.65. The predicted octanol–water partition coefficient (Wildman–Crippen LogP) is 2.58. The fourth-order valence-corrected chi connectivity index (χ4v) is 3.35. The summed E-state index contributed by atoms with van der Waals surface area (Å²) in [6, 6.07) is 1.90. The van der Waals surface area contributed by atoms with Gasteiger partial charge in [0.1, 0.15) is 5.52 Å². The number of hydrogen-bond acceptors (Lipinski definition) is 5. The molecule has 0 saturated carbocycles. The number of pyridine rings is 1. The van der Waals surface area contributed by atoms with Crippen LogP contribution < -0.4 is 0 Å². The summed E-state index contributed by atoms with van der Waals surface area (Å²) in [4.78, 5) is 23.0. The van der Waals surface area contributed by atoms with Crippen molar-refractivity contribution in [3.8, 4) is 0 Å². The molecule has 5 nitrogen and oxygen atoms in total. The van der Waals surface area contributed by atoms with Crippen molar-refractivity contribution in [3.63, 3.8) is 0 Å². The Kier molecular flexibility index (Phi) is 4.17.